The highest BCUT2D eigenvalue weighted by Crippen LogP contribution is 2.32. The lowest BCUT2D eigenvalue weighted by atomic mass is 9.78. The average Bonchev–Trinajstić information content (AvgIpc) is 2.34. The van der Waals surface area contributed by atoms with E-state index in [0.717, 1.165) is 6.42 Å². The standard InChI is InChI=1S/C14H25F3N2O2/c1-10(2)18-13(12(20)21)6-4-5-11(9-13)19(3)8-7-14(15,16)17/h10-11,18H,4-9H2,1-3H3,(H,20,21). The van der Waals surface area contributed by atoms with Gasteiger partial charge >= 0.3 is 12.1 Å². The smallest absolute Gasteiger partial charge is 0.390 e. The molecule has 1 aliphatic carbocycles. The third kappa shape index (κ3) is 5.47. The molecule has 0 amide bonds. The van der Waals surface area contributed by atoms with E-state index in [4.69, 9.17) is 0 Å². The Morgan fingerprint density at radius 1 is 1.48 bits per heavy atom. The maximum absolute atomic E-state index is 12.3. The Morgan fingerprint density at radius 2 is 2.10 bits per heavy atom. The Bertz CT molecular complexity index is 361. The second kappa shape index (κ2) is 6.96. The van der Waals surface area contributed by atoms with Crippen molar-refractivity contribution in [3.8, 4) is 0 Å². The Kier molecular flexibility index (Phi) is 6.04. The first-order chi connectivity index (χ1) is 9.56. The number of carboxylic acids is 1. The van der Waals surface area contributed by atoms with Crippen LogP contribution in [-0.4, -0.2) is 53.4 Å². The maximum atomic E-state index is 12.3. The minimum absolute atomic E-state index is 0.0142. The van der Waals surface area contributed by atoms with Gasteiger partial charge in [0.05, 0.1) is 6.42 Å². The number of carboxylic acid groups (broad SMARTS) is 1. The molecule has 4 nitrogen and oxygen atoms in total. The summed E-state index contributed by atoms with van der Waals surface area (Å²) < 4.78 is 36.9. The molecule has 1 fully saturated rings. The molecule has 0 aromatic heterocycles. The third-order valence-electron chi connectivity index (χ3n) is 4.07. The monoisotopic (exact) mass is 310 g/mol. The van der Waals surface area contributed by atoms with Crippen molar-refractivity contribution < 1.29 is 23.1 Å². The molecule has 1 saturated carbocycles. The van der Waals surface area contributed by atoms with Crippen LogP contribution in [-0.2, 0) is 4.79 Å². The van der Waals surface area contributed by atoms with E-state index in [-0.39, 0.29) is 18.6 Å². The van der Waals surface area contributed by atoms with Gasteiger partial charge in [-0.2, -0.15) is 13.2 Å². The van der Waals surface area contributed by atoms with Gasteiger partial charge in [-0.25, -0.2) is 0 Å². The van der Waals surface area contributed by atoms with Crippen molar-refractivity contribution in [3.05, 3.63) is 0 Å². The van der Waals surface area contributed by atoms with Gasteiger partial charge in [0.15, 0.2) is 0 Å². The zero-order valence-electron chi connectivity index (χ0n) is 12.8. The number of halogens is 3. The summed E-state index contributed by atoms with van der Waals surface area (Å²) in [6, 6.07) is -0.121. The Labute approximate surface area is 123 Å². The first kappa shape index (κ1) is 18.2. The predicted molar refractivity (Wildman–Crippen MR) is 74.2 cm³/mol. The normalized spacial score (nSPS) is 27.3. The van der Waals surface area contributed by atoms with Gasteiger partial charge in [-0.15, -0.1) is 0 Å². The first-order valence-corrected chi connectivity index (χ1v) is 7.34. The van der Waals surface area contributed by atoms with E-state index in [1.54, 1.807) is 11.9 Å². The maximum Gasteiger partial charge on any atom is 0.390 e. The molecule has 124 valence electrons. The summed E-state index contributed by atoms with van der Waals surface area (Å²) in [5.41, 5.74) is -1.02. The number of nitrogens with one attached hydrogen (secondary N) is 1. The summed E-state index contributed by atoms with van der Waals surface area (Å²) in [7, 11) is 1.64. The Morgan fingerprint density at radius 3 is 2.57 bits per heavy atom. The molecule has 0 aromatic carbocycles. The van der Waals surface area contributed by atoms with Crippen LogP contribution >= 0.6 is 0 Å². The van der Waals surface area contributed by atoms with Gasteiger partial charge in [0.25, 0.3) is 0 Å². The SMILES string of the molecule is CC(C)NC1(C(=O)O)CCCC(N(C)CCC(F)(F)F)C1. The average molecular weight is 310 g/mol. The van der Waals surface area contributed by atoms with E-state index in [9.17, 15) is 23.1 Å². The van der Waals surface area contributed by atoms with E-state index in [2.05, 4.69) is 5.32 Å². The number of carbonyl (C=O) groups is 1. The molecule has 0 spiro atoms. The summed E-state index contributed by atoms with van der Waals surface area (Å²) in [6.07, 6.45) is -2.74. The molecule has 0 aliphatic heterocycles. The van der Waals surface area contributed by atoms with E-state index in [0.29, 0.717) is 19.3 Å². The largest absolute Gasteiger partial charge is 0.480 e. The van der Waals surface area contributed by atoms with Gasteiger partial charge in [-0.1, -0.05) is 0 Å². The molecule has 1 aliphatic rings. The van der Waals surface area contributed by atoms with Crippen molar-refractivity contribution in [2.24, 2.45) is 0 Å². The van der Waals surface area contributed by atoms with E-state index >= 15 is 0 Å². The van der Waals surface area contributed by atoms with Crippen molar-refractivity contribution in [1.82, 2.24) is 10.2 Å². The van der Waals surface area contributed by atoms with Crippen molar-refractivity contribution in [2.75, 3.05) is 13.6 Å². The van der Waals surface area contributed by atoms with Crippen LogP contribution in [0, 0.1) is 0 Å². The minimum atomic E-state index is -4.18. The number of rotatable bonds is 6. The lowest BCUT2D eigenvalue weighted by Gasteiger charge is -2.42. The molecule has 0 aromatic rings. The van der Waals surface area contributed by atoms with Gasteiger partial charge in [-0.3, -0.25) is 10.1 Å². The molecular formula is C14H25F3N2O2. The summed E-state index contributed by atoms with van der Waals surface area (Å²) in [5, 5.41) is 12.6. The van der Waals surface area contributed by atoms with Crippen LogP contribution in [0.5, 0.6) is 0 Å². The Hall–Kier alpha value is -0.820. The molecule has 21 heavy (non-hydrogen) atoms. The van der Waals surface area contributed by atoms with Gasteiger partial charge in [0, 0.05) is 18.6 Å². The fourth-order valence-electron chi connectivity index (χ4n) is 3.05. The zero-order valence-corrected chi connectivity index (χ0v) is 12.8. The van der Waals surface area contributed by atoms with Crippen molar-refractivity contribution in [2.45, 2.75) is 69.8 Å². The predicted octanol–water partition coefficient (Wildman–Crippen LogP) is 2.63. The first-order valence-electron chi connectivity index (χ1n) is 7.34. The molecular weight excluding hydrogens is 285 g/mol. The van der Waals surface area contributed by atoms with Gasteiger partial charge in [-0.05, 0) is 46.6 Å². The topological polar surface area (TPSA) is 52.6 Å². The molecule has 2 atom stereocenters. The molecule has 0 bridgehead atoms. The van der Waals surface area contributed by atoms with Crippen LogP contribution in [0.1, 0.15) is 46.0 Å². The van der Waals surface area contributed by atoms with Crippen molar-refractivity contribution >= 4 is 5.97 Å². The number of nitrogens with zero attached hydrogens (tertiary/aromatic N) is 1. The van der Waals surface area contributed by atoms with E-state index in [1.165, 1.54) is 0 Å². The Balaban J connectivity index is 2.70. The van der Waals surface area contributed by atoms with Crippen molar-refractivity contribution in [1.29, 1.82) is 0 Å². The fourth-order valence-corrected chi connectivity index (χ4v) is 3.05. The highest BCUT2D eigenvalue weighted by atomic mass is 19.4. The van der Waals surface area contributed by atoms with Crippen molar-refractivity contribution in [3.63, 3.8) is 0 Å². The van der Waals surface area contributed by atoms with Crippen LogP contribution < -0.4 is 5.32 Å². The number of hydrogen-bond donors (Lipinski definition) is 2. The van der Waals surface area contributed by atoms with Crippen LogP contribution in [0.4, 0.5) is 13.2 Å². The summed E-state index contributed by atoms with van der Waals surface area (Å²) in [4.78, 5) is 13.3. The second-order valence-electron chi connectivity index (χ2n) is 6.28. The fraction of sp³-hybridized carbons (Fsp3) is 0.929. The molecule has 1 rings (SSSR count). The quantitative estimate of drug-likeness (QED) is 0.792. The van der Waals surface area contributed by atoms with E-state index < -0.39 is 24.1 Å². The third-order valence-corrected chi connectivity index (χ3v) is 4.07. The van der Waals surface area contributed by atoms with E-state index in [1.807, 2.05) is 13.8 Å². The lowest BCUT2D eigenvalue weighted by Crippen LogP contribution is -2.59. The zero-order chi connectivity index (χ0) is 16.3. The summed E-state index contributed by atoms with van der Waals surface area (Å²) >= 11 is 0. The molecule has 0 radical (unpaired) electrons. The van der Waals surface area contributed by atoms with Crippen LogP contribution in [0.3, 0.4) is 0 Å². The minimum Gasteiger partial charge on any atom is -0.480 e. The number of hydrogen-bond acceptors (Lipinski definition) is 3. The molecule has 2 N–H and O–H groups in total. The van der Waals surface area contributed by atoms with Crippen LogP contribution in [0.2, 0.25) is 0 Å². The van der Waals surface area contributed by atoms with Crippen LogP contribution in [0.15, 0.2) is 0 Å². The molecule has 2 unspecified atom stereocenters. The lowest BCUT2D eigenvalue weighted by molar-refractivity contribution is -0.149. The van der Waals surface area contributed by atoms with Crippen LogP contribution in [0.25, 0.3) is 0 Å². The van der Waals surface area contributed by atoms with Gasteiger partial charge in [0.2, 0.25) is 0 Å². The highest BCUT2D eigenvalue weighted by Gasteiger charge is 2.44. The molecule has 0 heterocycles. The number of alkyl halides is 3. The second-order valence-corrected chi connectivity index (χ2v) is 6.28. The summed E-state index contributed by atoms with van der Waals surface area (Å²) in [6.45, 7) is 3.66. The summed E-state index contributed by atoms with van der Waals surface area (Å²) in [5.74, 6) is -0.912. The van der Waals surface area contributed by atoms with Gasteiger partial charge in [0.1, 0.15) is 5.54 Å². The molecule has 7 heteroatoms. The molecule has 0 saturated heterocycles. The van der Waals surface area contributed by atoms with Gasteiger partial charge < -0.3 is 10.0 Å². The highest BCUT2D eigenvalue weighted by molar-refractivity contribution is 5.79. The number of aliphatic carboxylic acids is 1.